The Hall–Kier alpha value is -1.06. The highest BCUT2D eigenvalue weighted by Gasteiger charge is 2.35. The molecule has 0 aromatic heterocycles. The maximum atomic E-state index is 12.2. The normalized spacial score (nSPS) is 18.3. The van der Waals surface area contributed by atoms with Crippen molar-refractivity contribution in [3.63, 3.8) is 0 Å². The Balaban J connectivity index is 2.17. The van der Waals surface area contributed by atoms with E-state index in [4.69, 9.17) is 16.3 Å². The SMILES string of the molecule is CC(C)(C)C(=O)NCC1(c2ccc(Cl)cc2)CCOCC1. The van der Waals surface area contributed by atoms with Crippen molar-refractivity contribution in [2.45, 2.75) is 39.0 Å². The fourth-order valence-corrected chi connectivity index (χ4v) is 2.77. The van der Waals surface area contributed by atoms with E-state index >= 15 is 0 Å². The molecular formula is C17H24ClNO2. The number of ether oxygens (including phenoxy) is 1. The van der Waals surface area contributed by atoms with Crippen molar-refractivity contribution in [3.8, 4) is 0 Å². The summed E-state index contributed by atoms with van der Waals surface area (Å²) < 4.78 is 5.51. The number of carbonyl (C=O) groups is 1. The number of carbonyl (C=O) groups excluding carboxylic acids is 1. The average molecular weight is 310 g/mol. The quantitative estimate of drug-likeness (QED) is 0.927. The van der Waals surface area contributed by atoms with E-state index in [2.05, 4.69) is 17.4 Å². The van der Waals surface area contributed by atoms with E-state index in [0.717, 1.165) is 31.1 Å². The lowest BCUT2D eigenvalue weighted by molar-refractivity contribution is -0.129. The third kappa shape index (κ3) is 3.98. The topological polar surface area (TPSA) is 38.3 Å². The van der Waals surface area contributed by atoms with Gasteiger partial charge in [-0.15, -0.1) is 0 Å². The van der Waals surface area contributed by atoms with E-state index in [1.807, 2.05) is 32.9 Å². The lowest BCUT2D eigenvalue weighted by Gasteiger charge is -2.38. The molecule has 1 N–H and O–H groups in total. The molecule has 1 aliphatic heterocycles. The number of benzene rings is 1. The summed E-state index contributed by atoms with van der Waals surface area (Å²) >= 11 is 5.99. The van der Waals surface area contributed by atoms with Crippen LogP contribution in [0, 0.1) is 5.41 Å². The first-order valence-corrected chi connectivity index (χ1v) is 7.83. The predicted octanol–water partition coefficient (Wildman–Crippen LogP) is 3.55. The van der Waals surface area contributed by atoms with Crippen molar-refractivity contribution in [2.24, 2.45) is 5.41 Å². The molecule has 0 radical (unpaired) electrons. The van der Waals surface area contributed by atoms with Crippen molar-refractivity contribution in [1.82, 2.24) is 5.32 Å². The van der Waals surface area contributed by atoms with Crippen LogP contribution in [0.5, 0.6) is 0 Å². The van der Waals surface area contributed by atoms with Gasteiger partial charge in [0.25, 0.3) is 0 Å². The zero-order valence-electron chi connectivity index (χ0n) is 13.0. The molecule has 0 aliphatic carbocycles. The fourth-order valence-electron chi connectivity index (χ4n) is 2.65. The second kappa shape index (κ2) is 6.37. The second-order valence-electron chi connectivity index (χ2n) is 6.83. The number of halogens is 1. The van der Waals surface area contributed by atoms with Gasteiger partial charge in [-0.05, 0) is 30.5 Å². The van der Waals surface area contributed by atoms with E-state index in [1.54, 1.807) is 0 Å². The summed E-state index contributed by atoms with van der Waals surface area (Å²) in [6.07, 6.45) is 1.83. The van der Waals surface area contributed by atoms with Gasteiger partial charge in [-0.2, -0.15) is 0 Å². The molecule has 0 unspecified atom stereocenters. The van der Waals surface area contributed by atoms with Gasteiger partial charge in [0.05, 0.1) is 0 Å². The molecule has 0 spiro atoms. The predicted molar refractivity (Wildman–Crippen MR) is 85.6 cm³/mol. The second-order valence-corrected chi connectivity index (χ2v) is 7.27. The number of nitrogens with one attached hydrogen (secondary N) is 1. The molecule has 2 rings (SSSR count). The van der Waals surface area contributed by atoms with Crippen LogP contribution in [0.4, 0.5) is 0 Å². The van der Waals surface area contributed by atoms with Crippen LogP contribution in [0.2, 0.25) is 5.02 Å². The molecule has 116 valence electrons. The average Bonchev–Trinajstić information content (AvgIpc) is 2.45. The summed E-state index contributed by atoms with van der Waals surface area (Å²) in [4.78, 5) is 12.2. The Kier molecular flexibility index (Phi) is 4.95. The van der Waals surface area contributed by atoms with Crippen LogP contribution >= 0.6 is 11.6 Å². The van der Waals surface area contributed by atoms with Crippen molar-refractivity contribution >= 4 is 17.5 Å². The minimum absolute atomic E-state index is 0.0518. The Labute approximate surface area is 132 Å². The lowest BCUT2D eigenvalue weighted by Crippen LogP contribution is -2.47. The fraction of sp³-hybridized carbons (Fsp3) is 0.588. The van der Waals surface area contributed by atoms with Gasteiger partial charge in [-0.25, -0.2) is 0 Å². The van der Waals surface area contributed by atoms with E-state index in [9.17, 15) is 4.79 Å². The molecule has 4 heteroatoms. The van der Waals surface area contributed by atoms with Crippen LogP contribution in [0.15, 0.2) is 24.3 Å². The lowest BCUT2D eigenvalue weighted by atomic mass is 9.74. The van der Waals surface area contributed by atoms with Gasteiger partial charge < -0.3 is 10.1 Å². The molecule has 1 aromatic rings. The number of rotatable bonds is 3. The molecule has 1 saturated heterocycles. The van der Waals surface area contributed by atoms with Crippen molar-refractivity contribution in [3.05, 3.63) is 34.9 Å². The Morgan fingerprint density at radius 2 is 1.81 bits per heavy atom. The highest BCUT2D eigenvalue weighted by atomic mass is 35.5. The maximum Gasteiger partial charge on any atom is 0.225 e. The Morgan fingerprint density at radius 1 is 1.24 bits per heavy atom. The zero-order valence-corrected chi connectivity index (χ0v) is 13.8. The van der Waals surface area contributed by atoms with Crippen LogP contribution in [0.1, 0.15) is 39.2 Å². The molecular weight excluding hydrogens is 286 g/mol. The number of hydrogen-bond acceptors (Lipinski definition) is 2. The molecule has 1 heterocycles. The van der Waals surface area contributed by atoms with Gasteiger partial charge in [-0.3, -0.25) is 4.79 Å². The summed E-state index contributed by atoms with van der Waals surface area (Å²) in [5.74, 6) is 0.0855. The molecule has 0 bridgehead atoms. The molecule has 0 atom stereocenters. The Morgan fingerprint density at radius 3 is 2.33 bits per heavy atom. The first kappa shape index (κ1) is 16.3. The third-order valence-electron chi connectivity index (χ3n) is 4.18. The molecule has 1 aliphatic rings. The standard InChI is InChI=1S/C17H24ClNO2/c1-16(2,3)15(20)19-12-17(8-10-21-11-9-17)13-4-6-14(18)7-5-13/h4-7H,8-12H2,1-3H3,(H,19,20). The smallest absolute Gasteiger partial charge is 0.225 e. The number of hydrogen-bond donors (Lipinski definition) is 1. The van der Waals surface area contributed by atoms with Gasteiger partial charge in [0.1, 0.15) is 0 Å². The summed E-state index contributed by atoms with van der Waals surface area (Å²) in [6, 6.07) is 7.97. The summed E-state index contributed by atoms with van der Waals surface area (Å²) in [6.45, 7) is 7.90. The molecule has 0 saturated carbocycles. The summed E-state index contributed by atoms with van der Waals surface area (Å²) in [5, 5.41) is 3.85. The van der Waals surface area contributed by atoms with Crippen molar-refractivity contribution in [2.75, 3.05) is 19.8 Å². The minimum atomic E-state index is -0.369. The van der Waals surface area contributed by atoms with Gasteiger partial charge in [0.15, 0.2) is 0 Å². The van der Waals surface area contributed by atoms with E-state index in [1.165, 1.54) is 5.56 Å². The van der Waals surface area contributed by atoms with Crippen LogP contribution in [0.25, 0.3) is 0 Å². The molecule has 21 heavy (non-hydrogen) atoms. The third-order valence-corrected chi connectivity index (χ3v) is 4.43. The van der Waals surface area contributed by atoms with Crippen LogP contribution in [-0.4, -0.2) is 25.7 Å². The van der Waals surface area contributed by atoms with Crippen molar-refractivity contribution < 1.29 is 9.53 Å². The molecule has 3 nitrogen and oxygen atoms in total. The van der Waals surface area contributed by atoms with Crippen LogP contribution in [0.3, 0.4) is 0 Å². The van der Waals surface area contributed by atoms with Gasteiger partial charge >= 0.3 is 0 Å². The first-order chi connectivity index (χ1) is 9.83. The van der Waals surface area contributed by atoms with Crippen molar-refractivity contribution in [1.29, 1.82) is 0 Å². The molecule has 1 aromatic carbocycles. The zero-order chi connectivity index (χ0) is 15.5. The minimum Gasteiger partial charge on any atom is -0.381 e. The van der Waals surface area contributed by atoms with Gasteiger partial charge in [0.2, 0.25) is 5.91 Å². The van der Waals surface area contributed by atoms with E-state index in [-0.39, 0.29) is 16.7 Å². The number of amides is 1. The monoisotopic (exact) mass is 309 g/mol. The largest absolute Gasteiger partial charge is 0.381 e. The van der Waals surface area contributed by atoms with E-state index in [0.29, 0.717) is 6.54 Å². The summed E-state index contributed by atoms with van der Waals surface area (Å²) in [7, 11) is 0. The van der Waals surface area contributed by atoms with E-state index < -0.39 is 0 Å². The Bertz CT molecular complexity index is 485. The van der Waals surface area contributed by atoms with Gasteiger partial charge in [-0.1, -0.05) is 44.5 Å². The first-order valence-electron chi connectivity index (χ1n) is 7.46. The molecule has 1 amide bonds. The van der Waals surface area contributed by atoms with Crippen LogP contribution in [-0.2, 0) is 14.9 Å². The molecule has 1 fully saturated rings. The van der Waals surface area contributed by atoms with Crippen LogP contribution < -0.4 is 5.32 Å². The van der Waals surface area contributed by atoms with Gasteiger partial charge in [0, 0.05) is 35.6 Å². The highest BCUT2D eigenvalue weighted by molar-refractivity contribution is 6.30. The maximum absolute atomic E-state index is 12.2. The summed E-state index contributed by atoms with van der Waals surface area (Å²) in [5.41, 5.74) is 0.806. The highest BCUT2D eigenvalue weighted by Crippen LogP contribution is 2.35.